The van der Waals surface area contributed by atoms with E-state index in [1.54, 1.807) is 12.1 Å². The van der Waals surface area contributed by atoms with Gasteiger partial charge in [-0.1, -0.05) is 36.7 Å². The van der Waals surface area contributed by atoms with Crippen LogP contribution in [0.3, 0.4) is 0 Å². The second-order valence-electron chi connectivity index (χ2n) is 6.49. The lowest BCUT2D eigenvalue weighted by Crippen LogP contribution is -2.24. The van der Waals surface area contributed by atoms with Crippen LogP contribution in [0.2, 0.25) is 0 Å². The lowest BCUT2D eigenvalue weighted by Gasteiger charge is -2.22. The van der Waals surface area contributed by atoms with E-state index in [4.69, 9.17) is 0 Å². The average Bonchev–Trinajstić information content (AvgIpc) is 2.53. The molecule has 0 spiro atoms. The molecule has 2 rings (SSSR count). The lowest BCUT2D eigenvalue weighted by molar-refractivity contribution is -0.274. The first-order valence-electron chi connectivity index (χ1n) is 6.88. The monoisotopic (exact) mass is 365 g/mol. The molecule has 1 aliphatic carbocycles. The van der Waals surface area contributed by atoms with Crippen LogP contribution < -0.4 is 10.1 Å². The van der Waals surface area contributed by atoms with Gasteiger partial charge in [0.1, 0.15) is 0 Å². The van der Waals surface area contributed by atoms with Crippen LogP contribution in [0.1, 0.15) is 33.6 Å². The first-order valence-corrected chi connectivity index (χ1v) is 7.67. The molecule has 1 aliphatic rings. The van der Waals surface area contributed by atoms with E-state index in [1.165, 1.54) is 6.07 Å². The maximum Gasteiger partial charge on any atom is 0.573 e. The van der Waals surface area contributed by atoms with Crippen molar-refractivity contribution < 1.29 is 17.9 Å². The van der Waals surface area contributed by atoms with Gasteiger partial charge in [-0.25, -0.2) is 0 Å². The Labute approximate surface area is 131 Å². The normalized spacial score (nSPS) is 24.9. The third kappa shape index (κ3) is 4.53. The van der Waals surface area contributed by atoms with Crippen molar-refractivity contribution >= 4 is 21.6 Å². The third-order valence-electron chi connectivity index (χ3n) is 3.84. The molecule has 0 aliphatic heterocycles. The molecule has 6 heteroatoms. The van der Waals surface area contributed by atoms with E-state index in [2.05, 4.69) is 46.8 Å². The fraction of sp³-hybridized carbons (Fsp3) is 0.600. The number of anilines is 1. The Morgan fingerprint density at radius 2 is 1.95 bits per heavy atom. The van der Waals surface area contributed by atoms with E-state index in [0.29, 0.717) is 16.1 Å². The maximum atomic E-state index is 12.5. The molecule has 1 saturated carbocycles. The summed E-state index contributed by atoms with van der Waals surface area (Å²) in [6.45, 7) is 6.48. The zero-order valence-electron chi connectivity index (χ0n) is 12.2. The smallest absolute Gasteiger partial charge is 0.404 e. The van der Waals surface area contributed by atoms with Crippen molar-refractivity contribution in [1.29, 1.82) is 0 Å². The summed E-state index contributed by atoms with van der Waals surface area (Å²) in [5.74, 6) is 0.205. The number of benzene rings is 1. The molecule has 0 aromatic heterocycles. The summed E-state index contributed by atoms with van der Waals surface area (Å²) in [5, 5.41) is 3.22. The number of hydrogen-bond donors (Lipinski definition) is 1. The van der Waals surface area contributed by atoms with Crippen LogP contribution in [0, 0.1) is 11.3 Å². The Hall–Kier alpha value is -0.910. The molecule has 0 heterocycles. The van der Waals surface area contributed by atoms with Gasteiger partial charge in [0.25, 0.3) is 0 Å². The molecule has 0 amide bonds. The van der Waals surface area contributed by atoms with E-state index in [1.807, 2.05) is 0 Å². The Morgan fingerprint density at radius 1 is 1.29 bits per heavy atom. The Morgan fingerprint density at radius 3 is 2.48 bits per heavy atom. The molecular weight excluding hydrogens is 347 g/mol. The minimum atomic E-state index is -4.70. The van der Waals surface area contributed by atoms with Crippen LogP contribution in [-0.4, -0.2) is 12.4 Å². The molecule has 1 aromatic rings. The molecule has 1 N–H and O–H groups in total. The van der Waals surface area contributed by atoms with Gasteiger partial charge in [0.2, 0.25) is 0 Å². The summed E-state index contributed by atoms with van der Waals surface area (Å²) < 4.78 is 42.2. The molecule has 2 atom stereocenters. The molecular formula is C15H19BrF3NO. The number of hydrogen-bond acceptors (Lipinski definition) is 2. The largest absolute Gasteiger partial charge is 0.573 e. The lowest BCUT2D eigenvalue weighted by atomic mass is 9.91. The zero-order valence-corrected chi connectivity index (χ0v) is 13.8. The van der Waals surface area contributed by atoms with E-state index in [0.717, 1.165) is 12.8 Å². The average molecular weight is 366 g/mol. The van der Waals surface area contributed by atoms with Crippen LogP contribution in [0.25, 0.3) is 0 Å². The molecule has 21 heavy (non-hydrogen) atoms. The Kier molecular flexibility index (Phi) is 4.47. The minimum absolute atomic E-state index is 0.150. The van der Waals surface area contributed by atoms with Gasteiger partial charge in [-0.15, -0.1) is 13.2 Å². The predicted octanol–water partition coefficient (Wildman–Crippen LogP) is 5.58. The van der Waals surface area contributed by atoms with Gasteiger partial charge in [0.15, 0.2) is 5.75 Å². The minimum Gasteiger partial charge on any atom is -0.404 e. The SMILES string of the molecule is CC1CC(C)(C)CC1Nc1ccc(Br)cc1OC(F)(F)F. The first-order chi connectivity index (χ1) is 9.56. The van der Waals surface area contributed by atoms with Crippen LogP contribution in [0.5, 0.6) is 5.75 Å². The van der Waals surface area contributed by atoms with Crippen molar-refractivity contribution in [2.24, 2.45) is 11.3 Å². The van der Waals surface area contributed by atoms with Crippen LogP contribution >= 0.6 is 15.9 Å². The number of rotatable bonds is 3. The van der Waals surface area contributed by atoms with Crippen LogP contribution in [-0.2, 0) is 0 Å². The highest BCUT2D eigenvalue weighted by atomic mass is 79.9. The van der Waals surface area contributed by atoms with Crippen LogP contribution in [0.15, 0.2) is 22.7 Å². The number of ether oxygens (including phenoxy) is 1. The zero-order chi connectivity index (χ0) is 15.8. The number of halogens is 4. The Bertz CT molecular complexity index is 516. The molecule has 0 bridgehead atoms. The van der Waals surface area contributed by atoms with Gasteiger partial charge in [-0.2, -0.15) is 0 Å². The van der Waals surface area contributed by atoms with E-state index < -0.39 is 6.36 Å². The fourth-order valence-electron chi connectivity index (χ4n) is 3.11. The summed E-state index contributed by atoms with van der Waals surface area (Å²) in [6, 6.07) is 4.80. The first kappa shape index (κ1) is 16.5. The van der Waals surface area contributed by atoms with E-state index >= 15 is 0 Å². The van der Waals surface area contributed by atoms with Gasteiger partial charge < -0.3 is 10.1 Å². The van der Waals surface area contributed by atoms with Gasteiger partial charge >= 0.3 is 6.36 Å². The van der Waals surface area contributed by atoms with Crippen molar-refractivity contribution in [1.82, 2.24) is 0 Å². The maximum absolute atomic E-state index is 12.5. The molecule has 0 radical (unpaired) electrons. The molecule has 0 saturated heterocycles. The van der Waals surface area contributed by atoms with Crippen molar-refractivity contribution in [3.05, 3.63) is 22.7 Å². The second kappa shape index (κ2) is 5.71. The molecule has 1 aromatic carbocycles. The molecule has 1 fully saturated rings. The van der Waals surface area contributed by atoms with Gasteiger partial charge in [0, 0.05) is 10.5 Å². The van der Waals surface area contributed by atoms with E-state index in [-0.39, 0.29) is 17.2 Å². The number of alkyl halides is 3. The molecule has 2 nitrogen and oxygen atoms in total. The Balaban J connectivity index is 2.20. The third-order valence-corrected chi connectivity index (χ3v) is 4.34. The topological polar surface area (TPSA) is 21.3 Å². The van der Waals surface area contributed by atoms with Crippen LogP contribution in [0.4, 0.5) is 18.9 Å². The highest BCUT2D eigenvalue weighted by Gasteiger charge is 2.37. The van der Waals surface area contributed by atoms with Crippen molar-refractivity contribution in [2.45, 2.75) is 46.0 Å². The fourth-order valence-corrected chi connectivity index (χ4v) is 3.45. The van der Waals surface area contributed by atoms with Crippen molar-refractivity contribution in [3.8, 4) is 5.75 Å². The highest BCUT2D eigenvalue weighted by molar-refractivity contribution is 9.10. The van der Waals surface area contributed by atoms with Crippen molar-refractivity contribution in [2.75, 3.05) is 5.32 Å². The summed E-state index contributed by atoms with van der Waals surface area (Å²) in [7, 11) is 0. The van der Waals surface area contributed by atoms with Crippen molar-refractivity contribution in [3.63, 3.8) is 0 Å². The summed E-state index contributed by atoms with van der Waals surface area (Å²) in [6.07, 6.45) is -2.72. The van der Waals surface area contributed by atoms with Gasteiger partial charge in [-0.3, -0.25) is 0 Å². The van der Waals surface area contributed by atoms with Gasteiger partial charge in [0.05, 0.1) is 5.69 Å². The van der Waals surface area contributed by atoms with Gasteiger partial charge in [-0.05, 0) is 42.4 Å². The predicted molar refractivity (Wildman–Crippen MR) is 80.4 cm³/mol. The summed E-state index contributed by atoms with van der Waals surface area (Å²) in [5.41, 5.74) is 0.586. The molecule has 2 unspecified atom stereocenters. The standard InChI is InChI=1S/C15H19BrF3NO/c1-9-7-14(2,3)8-12(9)20-11-5-4-10(16)6-13(11)21-15(17,18)19/h4-6,9,12,20H,7-8H2,1-3H3. The second-order valence-corrected chi connectivity index (χ2v) is 7.40. The summed E-state index contributed by atoms with van der Waals surface area (Å²) >= 11 is 3.17. The highest BCUT2D eigenvalue weighted by Crippen LogP contribution is 2.43. The van der Waals surface area contributed by atoms with E-state index in [9.17, 15) is 13.2 Å². The number of nitrogens with one attached hydrogen (secondary N) is 1. The molecule has 118 valence electrons. The summed E-state index contributed by atoms with van der Waals surface area (Å²) in [4.78, 5) is 0. The quantitative estimate of drug-likeness (QED) is 0.754.